The lowest BCUT2D eigenvalue weighted by molar-refractivity contribution is -0.0521. The lowest BCUT2D eigenvalue weighted by Crippen LogP contribution is -2.27. The standard InChI is InChI=1S/C14H14ClF3O/c15-11-5-1-4-10(13(11)16)12(19)7-9-3-2-6-14(17,18)8-9/h1,4-5,9H,2-3,6-8H2. The highest BCUT2D eigenvalue weighted by Gasteiger charge is 2.37. The summed E-state index contributed by atoms with van der Waals surface area (Å²) in [5, 5.41) is -0.125. The molecule has 1 unspecified atom stereocenters. The number of benzene rings is 1. The van der Waals surface area contributed by atoms with Crippen LogP contribution in [0.2, 0.25) is 5.02 Å². The van der Waals surface area contributed by atoms with Crippen LogP contribution in [0.25, 0.3) is 0 Å². The molecule has 0 aliphatic heterocycles. The van der Waals surface area contributed by atoms with Crippen LogP contribution < -0.4 is 0 Å². The summed E-state index contributed by atoms with van der Waals surface area (Å²) in [6.07, 6.45) is 0.531. The second-order valence-corrected chi connectivity index (χ2v) is 5.45. The van der Waals surface area contributed by atoms with Crippen LogP contribution in [0.4, 0.5) is 13.2 Å². The van der Waals surface area contributed by atoms with E-state index < -0.39 is 17.5 Å². The fourth-order valence-corrected chi connectivity index (χ4v) is 2.72. The van der Waals surface area contributed by atoms with Gasteiger partial charge < -0.3 is 0 Å². The molecular weight excluding hydrogens is 277 g/mol. The average Bonchev–Trinajstić information content (AvgIpc) is 2.31. The van der Waals surface area contributed by atoms with Crippen molar-refractivity contribution in [2.75, 3.05) is 0 Å². The van der Waals surface area contributed by atoms with Crippen molar-refractivity contribution in [2.45, 2.75) is 38.0 Å². The van der Waals surface area contributed by atoms with Gasteiger partial charge in [0.05, 0.1) is 10.6 Å². The van der Waals surface area contributed by atoms with Crippen molar-refractivity contribution in [3.8, 4) is 0 Å². The molecule has 1 aliphatic rings. The number of hydrogen-bond donors (Lipinski definition) is 0. The van der Waals surface area contributed by atoms with Gasteiger partial charge in [0.25, 0.3) is 0 Å². The smallest absolute Gasteiger partial charge is 0.248 e. The van der Waals surface area contributed by atoms with Crippen molar-refractivity contribution in [3.05, 3.63) is 34.6 Å². The highest BCUT2D eigenvalue weighted by molar-refractivity contribution is 6.31. The van der Waals surface area contributed by atoms with E-state index in [4.69, 9.17) is 11.6 Å². The molecule has 0 aromatic heterocycles. The Bertz CT molecular complexity index is 488. The van der Waals surface area contributed by atoms with Crippen LogP contribution in [0.3, 0.4) is 0 Å². The molecule has 1 saturated carbocycles. The number of ketones is 1. The maximum atomic E-state index is 13.7. The Labute approximate surface area is 114 Å². The maximum absolute atomic E-state index is 13.7. The Balaban J connectivity index is 2.07. The van der Waals surface area contributed by atoms with E-state index in [9.17, 15) is 18.0 Å². The third-order valence-electron chi connectivity index (χ3n) is 3.47. The largest absolute Gasteiger partial charge is 0.294 e. The van der Waals surface area contributed by atoms with Crippen molar-refractivity contribution in [1.82, 2.24) is 0 Å². The molecule has 19 heavy (non-hydrogen) atoms. The van der Waals surface area contributed by atoms with Crippen LogP contribution in [0.1, 0.15) is 42.5 Å². The normalized spacial score (nSPS) is 22.2. The van der Waals surface area contributed by atoms with Crippen molar-refractivity contribution in [3.63, 3.8) is 0 Å². The van der Waals surface area contributed by atoms with E-state index in [-0.39, 0.29) is 35.8 Å². The zero-order valence-corrected chi connectivity index (χ0v) is 11.0. The van der Waals surface area contributed by atoms with Gasteiger partial charge in [-0.3, -0.25) is 4.79 Å². The third kappa shape index (κ3) is 3.50. The summed E-state index contributed by atoms with van der Waals surface area (Å²) >= 11 is 5.60. The second kappa shape index (κ2) is 5.53. The number of carbonyl (C=O) groups excluding carboxylic acids is 1. The van der Waals surface area contributed by atoms with Gasteiger partial charge in [-0.25, -0.2) is 13.2 Å². The first-order valence-electron chi connectivity index (χ1n) is 6.24. The predicted octanol–water partition coefficient (Wildman–Crippen LogP) is 4.88. The van der Waals surface area contributed by atoms with Crippen molar-refractivity contribution in [2.24, 2.45) is 5.92 Å². The van der Waals surface area contributed by atoms with E-state index in [1.807, 2.05) is 0 Å². The van der Waals surface area contributed by atoms with Gasteiger partial charge in [0.2, 0.25) is 5.92 Å². The minimum Gasteiger partial charge on any atom is -0.294 e. The molecule has 0 spiro atoms. The third-order valence-corrected chi connectivity index (χ3v) is 3.76. The first kappa shape index (κ1) is 14.4. The molecule has 104 valence electrons. The molecule has 2 rings (SSSR count). The first-order valence-corrected chi connectivity index (χ1v) is 6.62. The molecule has 0 bridgehead atoms. The van der Waals surface area contributed by atoms with Crippen molar-refractivity contribution >= 4 is 17.4 Å². The minimum absolute atomic E-state index is 0.0488. The molecule has 5 heteroatoms. The molecular formula is C14H14ClF3O. The molecule has 1 aliphatic carbocycles. The molecule has 1 aromatic rings. The molecule has 1 nitrogen and oxygen atoms in total. The van der Waals surface area contributed by atoms with Gasteiger partial charge in [-0.2, -0.15) is 0 Å². The van der Waals surface area contributed by atoms with Crippen LogP contribution in [0, 0.1) is 11.7 Å². The Morgan fingerprint density at radius 3 is 2.84 bits per heavy atom. The van der Waals surface area contributed by atoms with E-state index in [0.717, 1.165) is 0 Å². The number of hydrogen-bond acceptors (Lipinski definition) is 1. The average molecular weight is 291 g/mol. The minimum atomic E-state index is -2.70. The summed E-state index contributed by atoms with van der Waals surface area (Å²) in [6.45, 7) is 0. The van der Waals surface area contributed by atoms with Gasteiger partial charge in [-0.15, -0.1) is 0 Å². The van der Waals surface area contributed by atoms with E-state index >= 15 is 0 Å². The zero-order chi connectivity index (χ0) is 14.0. The summed E-state index contributed by atoms with van der Waals surface area (Å²) in [7, 11) is 0. The number of Topliss-reactive ketones (excluding diaryl/α,β-unsaturated/α-hetero) is 1. The molecule has 0 radical (unpaired) electrons. The van der Waals surface area contributed by atoms with E-state index in [1.165, 1.54) is 18.2 Å². The number of alkyl halides is 2. The van der Waals surface area contributed by atoms with Gasteiger partial charge in [0.1, 0.15) is 0 Å². The fraction of sp³-hybridized carbons (Fsp3) is 0.500. The summed E-state index contributed by atoms with van der Waals surface area (Å²) < 4.78 is 40.1. The highest BCUT2D eigenvalue weighted by atomic mass is 35.5. The summed E-state index contributed by atoms with van der Waals surface area (Å²) in [5.74, 6) is -4.30. The molecule has 1 aromatic carbocycles. The molecule has 0 N–H and O–H groups in total. The van der Waals surface area contributed by atoms with Crippen LogP contribution in [-0.2, 0) is 0 Å². The van der Waals surface area contributed by atoms with E-state index in [2.05, 4.69) is 0 Å². The zero-order valence-electron chi connectivity index (χ0n) is 10.3. The lowest BCUT2D eigenvalue weighted by Gasteiger charge is -2.28. The van der Waals surface area contributed by atoms with Crippen LogP contribution >= 0.6 is 11.6 Å². The van der Waals surface area contributed by atoms with Gasteiger partial charge in [0, 0.05) is 19.3 Å². The Morgan fingerprint density at radius 1 is 1.42 bits per heavy atom. The Kier molecular flexibility index (Phi) is 4.19. The van der Waals surface area contributed by atoms with E-state index in [0.29, 0.717) is 12.8 Å². The number of halogens is 4. The van der Waals surface area contributed by atoms with Gasteiger partial charge in [0.15, 0.2) is 11.6 Å². The molecule has 1 atom stereocenters. The fourth-order valence-electron chi connectivity index (χ4n) is 2.54. The summed E-state index contributed by atoms with van der Waals surface area (Å²) in [4.78, 5) is 12.0. The predicted molar refractivity (Wildman–Crippen MR) is 67.3 cm³/mol. The quantitative estimate of drug-likeness (QED) is 0.725. The molecule has 0 amide bonds. The van der Waals surface area contributed by atoms with Gasteiger partial charge >= 0.3 is 0 Å². The monoisotopic (exact) mass is 290 g/mol. The topological polar surface area (TPSA) is 17.1 Å². The van der Waals surface area contributed by atoms with Gasteiger partial charge in [-0.05, 0) is 30.9 Å². The van der Waals surface area contributed by atoms with Gasteiger partial charge in [-0.1, -0.05) is 17.7 Å². The Morgan fingerprint density at radius 2 is 2.16 bits per heavy atom. The number of carbonyl (C=O) groups is 1. The maximum Gasteiger partial charge on any atom is 0.248 e. The Hall–Kier alpha value is -1.03. The molecule has 0 heterocycles. The highest BCUT2D eigenvalue weighted by Crippen LogP contribution is 2.38. The summed E-state index contributed by atoms with van der Waals surface area (Å²) in [5.41, 5.74) is -0.110. The van der Waals surface area contributed by atoms with Crippen LogP contribution in [0.15, 0.2) is 18.2 Å². The first-order chi connectivity index (χ1) is 8.89. The molecule has 0 saturated heterocycles. The van der Waals surface area contributed by atoms with Crippen molar-refractivity contribution in [1.29, 1.82) is 0 Å². The van der Waals surface area contributed by atoms with Crippen LogP contribution in [-0.4, -0.2) is 11.7 Å². The number of rotatable bonds is 3. The summed E-state index contributed by atoms with van der Waals surface area (Å²) in [6, 6.07) is 4.17. The van der Waals surface area contributed by atoms with Crippen molar-refractivity contribution < 1.29 is 18.0 Å². The lowest BCUT2D eigenvalue weighted by atomic mass is 9.82. The molecule has 1 fully saturated rings. The van der Waals surface area contributed by atoms with E-state index in [1.54, 1.807) is 0 Å². The SMILES string of the molecule is O=C(CC1CCCC(F)(F)C1)c1cccc(Cl)c1F. The van der Waals surface area contributed by atoms with Crippen LogP contribution in [0.5, 0.6) is 0 Å². The second-order valence-electron chi connectivity index (χ2n) is 5.05.